The van der Waals surface area contributed by atoms with Crippen molar-refractivity contribution in [3.8, 4) is 0 Å². The van der Waals surface area contributed by atoms with Gasteiger partial charge in [-0.1, -0.05) is 48.5 Å². The lowest BCUT2D eigenvalue weighted by atomic mass is 9.88. The van der Waals surface area contributed by atoms with Crippen molar-refractivity contribution in [2.75, 3.05) is 0 Å². The van der Waals surface area contributed by atoms with E-state index in [-0.39, 0.29) is 5.92 Å². The second-order valence-corrected chi connectivity index (χ2v) is 5.64. The molecule has 1 heteroatoms. The van der Waals surface area contributed by atoms with Crippen LogP contribution in [0, 0.1) is 0 Å². The standard InChI is InChI=1S/C19H16O/c20-19-11-5-10-17(19)18-12-13-6-1-2-7-14(13)15-8-3-4-9-16(15)18/h1-4,6-9,12,17H,5,10-11H2. The van der Waals surface area contributed by atoms with Gasteiger partial charge in [0.15, 0.2) is 0 Å². The molecule has 0 amide bonds. The van der Waals surface area contributed by atoms with Gasteiger partial charge in [0.25, 0.3) is 0 Å². The Hall–Kier alpha value is -2.15. The first-order chi connectivity index (χ1) is 9.84. The van der Waals surface area contributed by atoms with Crippen LogP contribution in [0.4, 0.5) is 0 Å². The van der Waals surface area contributed by atoms with Crippen LogP contribution in [0.3, 0.4) is 0 Å². The molecule has 0 spiro atoms. The molecule has 0 N–H and O–H groups in total. The van der Waals surface area contributed by atoms with Crippen LogP contribution in [0.2, 0.25) is 0 Å². The van der Waals surface area contributed by atoms with E-state index in [1.807, 2.05) is 0 Å². The van der Waals surface area contributed by atoms with E-state index in [4.69, 9.17) is 0 Å². The maximum absolute atomic E-state index is 12.2. The van der Waals surface area contributed by atoms with Crippen molar-refractivity contribution in [1.82, 2.24) is 0 Å². The van der Waals surface area contributed by atoms with Crippen molar-refractivity contribution >= 4 is 27.3 Å². The normalized spacial score (nSPS) is 19.0. The first-order valence-electron chi connectivity index (χ1n) is 7.28. The van der Waals surface area contributed by atoms with Crippen molar-refractivity contribution in [3.05, 3.63) is 60.2 Å². The van der Waals surface area contributed by atoms with E-state index in [0.717, 1.165) is 19.3 Å². The van der Waals surface area contributed by atoms with Gasteiger partial charge in [0.1, 0.15) is 5.78 Å². The molecule has 1 saturated carbocycles. The summed E-state index contributed by atoms with van der Waals surface area (Å²) < 4.78 is 0. The summed E-state index contributed by atoms with van der Waals surface area (Å²) >= 11 is 0. The van der Waals surface area contributed by atoms with Crippen LogP contribution >= 0.6 is 0 Å². The van der Waals surface area contributed by atoms with E-state index in [2.05, 4.69) is 54.6 Å². The monoisotopic (exact) mass is 260 g/mol. The van der Waals surface area contributed by atoms with E-state index >= 15 is 0 Å². The molecule has 1 aliphatic rings. The topological polar surface area (TPSA) is 17.1 Å². The molecule has 0 aromatic heterocycles. The number of rotatable bonds is 1. The molecule has 0 heterocycles. The van der Waals surface area contributed by atoms with E-state index < -0.39 is 0 Å². The third-order valence-electron chi connectivity index (χ3n) is 4.48. The highest BCUT2D eigenvalue weighted by Crippen LogP contribution is 2.38. The molecule has 0 radical (unpaired) electrons. The lowest BCUT2D eigenvalue weighted by molar-refractivity contribution is -0.118. The van der Waals surface area contributed by atoms with Crippen LogP contribution in [0.1, 0.15) is 30.7 Å². The molecule has 1 fully saturated rings. The molecule has 4 rings (SSSR count). The zero-order valence-electron chi connectivity index (χ0n) is 11.3. The molecule has 3 aromatic rings. The van der Waals surface area contributed by atoms with Crippen molar-refractivity contribution in [1.29, 1.82) is 0 Å². The summed E-state index contributed by atoms with van der Waals surface area (Å²) in [6, 6.07) is 19.2. The number of benzene rings is 3. The minimum atomic E-state index is 0.101. The van der Waals surface area contributed by atoms with E-state index in [1.54, 1.807) is 0 Å². The predicted molar refractivity (Wildman–Crippen MR) is 83.1 cm³/mol. The third kappa shape index (κ3) is 1.66. The summed E-state index contributed by atoms with van der Waals surface area (Å²) in [7, 11) is 0. The number of hydrogen-bond acceptors (Lipinski definition) is 1. The summed E-state index contributed by atoms with van der Waals surface area (Å²) in [5, 5.41) is 5.02. The van der Waals surface area contributed by atoms with Gasteiger partial charge in [0, 0.05) is 12.3 Å². The highest BCUT2D eigenvalue weighted by atomic mass is 16.1. The zero-order valence-corrected chi connectivity index (χ0v) is 11.3. The Labute approximate surface area is 118 Å². The number of fused-ring (bicyclic) bond motifs is 3. The van der Waals surface area contributed by atoms with Crippen molar-refractivity contribution < 1.29 is 4.79 Å². The predicted octanol–water partition coefficient (Wildman–Crippen LogP) is 4.83. The summed E-state index contributed by atoms with van der Waals surface area (Å²) in [6.07, 6.45) is 2.78. The van der Waals surface area contributed by atoms with E-state index in [0.29, 0.717) is 5.78 Å². The van der Waals surface area contributed by atoms with Gasteiger partial charge in [-0.2, -0.15) is 0 Å². The average molecular weight is 260 g/mol. The van der Waals surface area contributed by atoms with Gasteiger partial charge in [-0.3, -0.25) is 4.79 Å². The van der Waals surface area contributed by atoms with Crippen LogP contribution in [-0.4, -0.2) is 5.78 Å². The Morgan fingerprint density at radius 1 is 0.850 bits per heavy atom. The Balaban J connectivity index is 2.10. The number of Topliss-reactive ketones (excluding diaryl/α,β-unsaturated/α-hetero) is 1. The van der Waals surface area contributed by atoms with Crippen molar-refractivity contribution in [2.45, 2.75) is 25.2 Å². The fraction of sp³-hybridized carbons (Fsp3) is 0.211. The lowest BCUT2D eigenvalue weighted by Crippen LogP contribution is -2.05. The van der Waals surface area contributed by atoms with Gasteiger partial charge in [0.05, 0.1) is 0 Å². The largest absolute Gasteiger partial charge is 0.299 e. The fourth-order valence-corrected chi connectivity index (χ4v) is 3.52. The van der Waals surface area contributed by atoms with Gasteiger partial charge < -0.3 is 0 Å². The third-order valence-corrected chi connectivity index (χ3v) is 4.48. The first-order valence-corrected chi connectivity index (χ1v) is 7.28. The molecular weight excluding hydrogens is 244 g/mol. The Bertz CT molecular complexity index is 816. The maximum Gasteiger partial charge on any atom is 0.140 e. The Morgan fingerprint density at radius 3 is 2.30 bits per heavy atom. The SMILES string of the molecule is O=C1CCCC1c1cc2ccccc2c2ccccc12. The minimum absolute atomic E-state index is 0.101. The molecule has 0 saturated heterocycles. The number of carbonyl (C=O) groups excluding carboxylic acids is 1. The van der Waals surface area contributed by atoms with Crippen molar-refractivity contribution in [2.24, 2.45) is 0 Å². The van der Waals surface area contributed by atoms with Gasteiger partial charge in [-0.15, -0.1) is 0 Å². The molecule has 0 bridgehead atoms. The highest BCUT2D eigenvalue weighted by molar-refractivity contribution is 6.10. The maximum atomic E-state index is 12.2. The molecule has 20 heavy (non-hydrogen) atoms. The van der Waals surface area contributed by atoms with Crippen molar-refractivity contribution in [3.63, 3.8) is 0 Å². The second kappa shape index (κ2) is 4.45. The molecule has 1 atom stereocenters. The van der Waals surface area contributed by atoms with Crippen LogP contribution in [0.15, 0.2) is 54.6 Å². The molecule has 1 nitrogen and oxygen atoms in total. The van der Waals surface area contributed by atoms with Crippen LogP contribution < -0.4 is 0 Å². The molecule has 3 aromatic carbocycles. The van der Waals surface area contributed by atoms with Crippen LogP contribution in [-0.2, 0) is 4.79 Å². The summed E-state index contributed by atoms with van der Waals surface area (Å²) in [5.41, 5.74) is 1.22. The molecular formula is C19H16O. The summed E-state index contributed by atoms with van der Waals surface area (Å²) in [4.78, 5) is 12.2. The van der Waals surface area contributed by atoms with Crippen LogP contribution in [0.5, 0.6) is 0 Å². The average Bonchev–Trinajstić information content (AvgIpc) is 2.92. The quantitative estimate of drug-likeness (QED) is 0.573. The van der Waals surface area contributed by atoms with Crippen LogP contribution in [0.25, 0.3) is 21.5 Å². The van der Waals surface area contributed by atoms with E-state index in [1.165, 1.54) is 27.1 Å². The fourth-order valence-electron chi connectivity index (χ4n) is 3.52. The summed E-state index contributed by atoms with van der Waals surface area (Å²) in [5.74, 6) is 0.509. The Morgan fingerprint density at radius 2 is 1.55 bits per heavy atom. The molecule has 1 unspecified atom stereocenters. The Kier molecular flexibility index (Phi) is 2.59. The molecule has 0 aliphatic heterocycles. The van der Waals surface area contributed by atoms with Gasteiger partial charge in [-0.05, 0) is 46.0 Å². The minimum Gasteiger partial charge on any atom is -0.299 e. The highest BCUT2D eigenvalue weighted by Gasteiger charge is 2.27. The molecule has 98 valence electrons. The zero-order chi connectivity index (χ0) is 13.5. The molecule has 1 aliphatic carbocycles. The van der Waals surface area contributed by atoms with Gasteiger partial charge in [0.2, 0.25) is 0 Å². The van der Waals surface area contributed by atoms with Gasteiger partial charge >= 0.3 is 0 Å². The number of carbonyl (C=O) groups is 1. The summed E-state index contributed by atoms with van der Waals surface area (Å²) in [6.45, 7) is 0. The first kappa shape index (κ1) is 11.7. The lowest BCUT2D eigenvalue weighted by Gasteiger charge is -2.14. The second-order valence-electron chi connectivity index (χ2n) is 5.64. The van der Waals surface area contributed by atoms with Gasteiger partial charge in [-0.25, -0.2) is 0 Å². The number of ketones is 1. The van der Waals surface area contributed by atoms with E-state index in [9.17, 15) is 4.79 Å². The smallest absolute Gasteiger partial charge is 0.140 e. The number of hydrogen-bond donors (Lipinski definition) is 0.